The summed E-state index contributed by atoms with van der Waals surface area (Å²) in [5.41, 5.74) is 0.563. The van der Waals surface area contributed by atoms with Crippen molar-refractivity contribution < 1.29 is 13.9 Å². The summed E-state index contributed by atoms with van der Waals surface area (Å²) in [4.78, 5) is 0. The van der Waals surface area contributed by atoms with Crippen molar-refractivity contribution in [3.05, 3.63) is 29.6 Å². The molecule has 2 atom stereocenters. The Morgan fingerprint density at radius 3 is 2.65 bits per heavy atom. The van der Waals surface area contributed by atoms with Gasteiger partial charge in [-0.15, -0.1) is 0 Å². The average molecular weight is 241 g/mol. The van der Waals surface area contributed by atoms with E-state index in [4.69, 9.17) is 9.47 Å². The molecule has 4 heteroatoms. The molecule has 0 aliphatic rings. The Morgan fingerprint density at radius 1 is 1.41 bits per heavy atom. The van der Waals surface area contributed by atoms with Crippen LogP contribution in [-0.4, -0.2) is 26.9 Å². The number of hydrogen-bond acceptors (Lipinski definition) is 3. The molecule has 0 bridgehead atoms. The second-order valence-electron chi connectivity index (χ2n) is 3.79. The third-order valence-electron chi connectivity index (χ3n) is 2.76. The number of rotatable bonds is 6. The zero-order chi connectivity index (χ0) is 12.8. The first-order valence-corrected chi connectivity index (χ1v) is 5.76. The summed E-state index contributed by atoms with van der Waals surface area (Å²) < 4.78 is 24.6. The molecule has 1 aromatic rings. The van der Waals surface area contributed by atoms with Crippen LogP contribution in [0, 0.1) is 5.82 Å². The summed E-state index contributed by atoms with van der Waals surface area (Å²) in [5.74, 6) is -0.0765. The van der Waals surface area contributed by atoms with Crippen LogP contribution in [0.4, 0.5) is 4.39 Å². The molecule has 0 aliphatic carbocycles. The quantitative estimate of drug-likeness (QED) is 0.830. The fraction of sp³-hybridized carbons (Fsp3) is 0.538. The number of hydrogen-bond donors (Lipinski definition) is 1. The average Bonchev–Trinajstić information content (AvgIpc) is 2.32. The van der Waals surface area contributed by atoms with Crippen LogP contribution in [0.25, 0.3) is 0 Å². The SMILES string of the molecule is CCOC(C)C(NC)c1cccc(OC)c1F. The Morgan fingerprint density at radius 2 is 2.12 bits per heavy atom. The lowest BCUT2D eigenvalue weighted by atomic mass is 10.0. The van der Waals surface area contributed by atoms with E-state index in [1.807, 2.05) is 13.8 Å². The molecule has 0 spiro atoms. The summed E-state index contributed by atoms with van der Waals surface area (Å²) >= 11 is 0. The van der Waals surface area contributed by atoms with E-state index in [9.17, 15) is 4.39 Å². The number of methoxy groups -OCH3 is 1. The smallest absolute Gasteiger partial charge is 0.169 e. The molecule has 3 nitrogen and oxygen atoms in total. The van der Waals surface area contributed by atoms with E-state index in [1.54, 1.807) is 25.2 Å². The van der Waals surface area contributed by atoms with Gasteiger partial charge in [-0.05, 0) is 27.0 Å². The number of likely N-dealkylation sites (N-methyl/N-ethyl adjacent to an activating group) is 1. The third-order valence-corrected chi connectivity index (χ3v) is 2.76. The highest BCUT2D eigenvalue weighted by molar-refractivity contribution is 5.33. The van der Waals surface area contributed by atoms with Crippen LogP contribution in [0.1, 0.15) is 25.5 Å². The van der Waals surface area contributed by atoms with Crippen molar-refractivity contribution in [2.75, 3.05) is 20.8 Å². The maximum absolute atomic E-state index is 14.1. The predicted molar refractivity (Wildman–Crippen MR) is 65.8 cm³/mol. The number of halogens is 1. The second-order valence-corrected chi connectivity index (χ2v) is 3.79. The van der Waals surface area contributed by atoms with Crippen molar-refractivity contribution in [3.63, 3.8) is 0 Å². The molecule has 0 saturated carbocycles. The van der Waals surface area contributed by atoms with Gasteiger partial charge in [0, 0.05) is 12.2 Å². The van der Waals surface area contributed by atoms with Crippen molar-refractivity contribution in [3.8, 4) is 5.75 Å². The summed E-state index contributed by atoms with van der Waals surface area (Å²) in [6, 6.07) is 4.94. The van der Waals surface area contributed by atoms with Gasteiger partial charge >= 0.3 is 0 Å². The van der Waals surface area contributed by atoms with Crippen molar-refractivity contribution >= 4 is 0 Å². The van der Waals surface area contributed by atoms with Crippen LogP contribution < -0.4 is 10.1 Å². The minimum Gasteiger partial charge on any atom is -0.494 e. The Balaban J connectivity index is 3.03. The molecule has 1 N–H and O–H groups in total. The molecule has 0 fully saturated rings. The highest BCUT2D eigenvalue weighted by atomic mass is 19.1. The lowest BCUT2D eigenvalue weighted by molar-refractivity contribution is 0.0483. The molecule has 17 heavy (non-hydrogen) atoms. The lowest BCUT2D eigenvalue weighted by Crippen LogP contribution is -2.30. The fourth-order valence-electron chi connectivity index (χ4n) is 1.93. The summed E-state index contributed by atoms with van der Waals surface area (Å²) in [5, 5.41) is 3.07. The maximum atomic E-state index is 14.1. The Labute approximate surface area is 102 Å². The van der Waals surface area contributed by atoms with Gasteiger partial charge in [-0.1, -0.05) is 12.1 Å². The molecule has 96 valence electrons. The first-order chi connectivity index (χ1) is 8.15. The Hall–Kier alpha value is -1.13. The Bertz CT molecular complexity index is 357. The molecule has 1 aromatic carbocycles. The van der Waals surface area contributed by atoms with Gasteiger partial charge in [-0.25, -0.2) is 4.39 Å². The molecule has 2 unspecified atom stereocenters. The minimum atomic E-state index is -0.332. The van der Waals surface area contributed by atoms with Gasteiger partial charge in [0.05, 0.1) is 19.3 Å². The summed E-state index contributed by atoms with van der Waals surface area (Å²) in [6.07, 6.45) is -0.105. The maximum Gasteiger partial charge on any atom is 0.169 e. The highest BCUT2D eigenvalue weighted by Crippen LogP contribution is 2.27. The molecule has 0 heterocycles. The van der Waals surface area contributed by atoms with E-state index in [2.05, 4.69) is 5.32 Å². The van der Waals surface area contributed by atoms with Crippen molar-refractivity contribution in [1.82, 2.24) is 5.32 Å². The largest absolute Gasteiger partial charge is 0.494 e. The second kappa shape index (κ2) is 6.57. The van der Waals surface area contributed by atoms with Gasteiger partial charge < -0.3 is 14.8 Å². The monoisotopic (exact) mass is 241 g/mol. The third kappa shape index (κ3) is 3.17. The number of nitrogens with one attached hydrogen (secondary N) is 1. The zero-order valence-corrected chi connectivity index (χ0v) is 10.8. The minimum absolute atomic E-state index is 0.105. The van der Waals surface area contributed by atoms with E-state index < -0.39 is 0 Å². The molecule has 0 amide bonds. The number of benzene rings is 1. The summed E-state index contributed by atoms with van der Waals surface area (Å²) in [7, 11) is 3.25. The standard InChI is InChI=1S/C13H20FNO2/c1-5-17-9(2)13(15-3)10-7-6-8-11(16-4)12(10)14/h6-9,13,15H,5H2,1-4H3. The van der Waals surface area contributed by atoms with E-state index in [0.29, 0.717) is 12.2 Å². The molecular formula is C13H20FNO2. The van der Waals surface area contributed by atoms with Gasteiger partial charge in [0.15, 0.2) is 11.6 Å². The first kappa shape index (κ1) is 13.9. The lowest BCUT2D eigenvalue weighted by Gasteiger charge is -2.24. The van der Waals surface area contributed by atoms with Crippen molar-refractivity contribution in [2.24, 2.45) is 0 Å². The van der Waals surface area contributed by atoms with Crippen LogP contribution >= 0.6 is 0 Å². The molecule has 0 radical (unpaired) electrons. The van der Waals surface area contributed by atoms with Gasteiger partial charge in [-0.3, -0.25) is 0 Å². The molecule has 0 aromatic heterocycles. The van der Waals surface area contributed by atoms with Gasteiger partial charge in [0.1, 0.15) is 0 Å². The fourth-order valence-corrected chi connectivity index (χ4v) is 1.93. The van der Waals surface area contributed by atoms with Crippen LogP contribution in [-0.2, 0) is 4.74 Å². The van der Waals surface area contributed by atoms with E-state index in [1.165, 1.54) is 7.11 Å². The van der Waals surface area contributed by atoms with E-state index in [-0.39, 0.29) is 23.7 Å². The summed E-state index contributed by atoms with van der Waals surface area (Å²) in [6.45, 7) is 4.44. The topological polar surface area (TPSA) is 30.5 Å². The van der Waals surface area contributed by atoms with Crippen LogP contribution in [0.15, 0.2) is 18.2 Å². The van der Waals surface area contributed by atoms with Gasteiger partial charge in [0.2, 0.25) is 0 Å². The highest BCUT2D eigenvalue weighted by Gasteiger charge is 2.22. The van der Waals surface area contributed by atoms with Crippen molar-refractivity contribution in [1.29, 1.82) is 0 Å². The van der Waals surface area contributed by atoms with Crippen LogP contribution in [0.2, 0.25) is 0 Å². The van der Waals surface area contributed by atoms with Crippen LogP contribution in [0.5, 0.6) is 5.75 Å². The predicted octanol–water partition coefficient (Wildman–Crippen LogP) is 2.52. The molecule has 1 rings (SSSR count). The van der Waals surface area contributed by atoms with Gasteiger partial charge in [-0.2, -0.15) is 0 Å². The van der Waals surface area contributed by atoms with E-state index >= 15 is 0 Å². The van der Waals surface area contributed by atoms with Crippen molar-refractivity contribution in [2.45, 2.75) is 26.0 Å². The zero-order valence-electron chi connectivity index (χ0n) is 10.8. The number of ether oxygens (including phenoxy) is 2. The van der Waals surface area contributed by atoms with Crippen LogP contribution in [0.3, 0.4) is 0 Å². The first-order valence-electron chi connectivity index (χ1n) is 5.76. The molecular weight excluding hydrogens is 221 g/mol. The molecule has 0 saturated heterocycles. The Kier molecular flexibility index (Phi) is 5.38. The normalized spacial score (nSPS) is 14.4. The van der Waals surface area contributed by atoms with E-state index in [0.717, 1.165) is 0 Å². The van der Waals surface area contributed by atoms with Gasteiger partial charge in [0.25, 0.3) is 0 Å². The molecule has 0 aliphatic heterocycles.